The van der Waals surface area contributed by atoms with Crippen LogP contribution in [0.5, 0.6) is 0 Å². The van der Waals surface area contributed by atoms with Crippen molar-refractivity contribution in [3.05, 3.63) is 60.8 Å². The number of phosphoric ester groups is 1. The standard InChI is InChI=1S/C43H74NO9P/c1-3-5-7-9-11-13-15-17-18-20-22-24-26-28-30-34-43(47)53-41(39-52-54(48,49)51-37-36-44)38-50-42(46)35-31-33-40(45)32-29-27-25-23-21-19-16-14-12-10-8-6-4-2/h12,14,17-19,21,25,27,29,32,41H,3-11,13,15-16,20,22-24,26,28,30-31,33-39,44H2,1-2H3,(H,48,49)/b14-12-,18-17-,21-19-,27-25-,32-29+/t41-/m1/s1. The molecule has 0 heterocycles. The number of rotatable bonds is 38. The molecule has 54 heavy (non-hydrogen) atoms. The number of carbonyl (C=O) groups excluding carboxylic acids is 3. The van der Waals surface area contributed by atoms with Gasteiger partial charge in [-0.15, -0.1) is 0 Å². The number of hydrogen-bond donors (Lipinski definition) is 2. The molecule has 0 fully saturated rings. The Balaban J connectivity index is 4.41. The lowest BCUT2D eigenvalue weighted by molar-refractivity contribution is -0.161. The predicted molar refractivity (Wildman–Crippen MR) is 220 cm³/mol. The molecule has 0 amide bonds. The first-order valence-electron chi connectivity index (χ1n) is 20.7. The highest BCUT2D eigenvalue weighted by molar-refractivity contribution is 7.47. The van der Waals surface area contributed by atoms with Gasteiger partial charge in [-0.3, -0.25) is 23.4 Å². The van der Waals surface area contributed by atoms with Gasteiger partial charge in [-0.25, -0.2) is 4.57 Å². The normalized spacial score (nSPS) is 13.9. The molecule has 0 aromatic heterocycles. The SMILES string of the molecule is CCCCC/C=C\C/C=C\C/C=C\C=C\C(=O)CCCC(=O)OC[C@H](COP(=O)(O)OCCN)OC(=O)CCCCCCC/C=C\CCCCCCCC. The molecule has 0 bridgehead atoms. The number of phosphoric acid groups is 1. The van der Waals surface area contributed by atoms with Crippen molar-refractivity contribution in [1.29, 1.82) is 0 Å². The van der Waals surface area contributed by atoms with Gasteiger partial charge in [0.25, 0.3) is 0 Å². The molecule has 0 aliphatic rings. The first kappa shape index (κ1) is 51.4. The number of allylic oxidation sites excluding steroid dienone is 10. The van der Waals surface area contributed by atoms with Gasteiger partial charge >= 0.3 is 19.8 Å². The molecular formula is C43H74NO9P. The van der Waals surface area contributed by atoms with E-state index in [-0.39, 0.29) is 51.2 Å². The Morgan fingerprint density at radius 2 is 1.15 bits per heavy atom. The Labute approximate surface area is 327 Å². The molecule has 0 spiro atoms. The summed E-state index contributed by atoms with van der Waals surface area (Å²) < 4.78 is 32.5. The molecule has 0 aliphatic heterocycles. The van der Waals surface area contributed by atoms with E-state index in [1.54, 1.807) is 6.08 Å². The molecule has 0 aromatic rings. The van der Waals surface area contributed by atoms with E-state index in [1.807, 2.05) is 12.2 Å². The predicted octanol–water partition coefficient (Wildman–Crippen LogP) is 10.9. The van der Waals surface area contributed by atoms with Gasteiger partial charge in [0, 0.05) is 25.8 Å². The first-order valence-corrected chi connectivity index (χ1v) is 22.2. The molecular weight excluding hydrogens is 705 g/mol. The maximum Gasteiger partial charge on any atom is 0.472 e. The molecule has 0 saturated carbocycles. The highest BCUT2D eigenvalue weighted by Crippen LogP contribution is 2.43. The minimum atomic E-state index is -4.43. The Kier molecular flexibility index (Phi) is 36.8. The Hall–Kier alpha value is -2.62. The maximum atomic E-state index is 12.5. The molecule has 2 atom stereocenters. The summed E-state index contributed by atoms with van der Waals surface area (Å²) in [4.78, 5) is 47.0. The van der Waals surface area contributed by atoms with Crippen LogP contribution in [-0.2, 0) is 37.5 Å². The number of ether oxygens (including phenoxy) is 2. The van der Waals surface area contributed by atoms with Crippen molar-refractivity contribution in [2.24, 2.45) is 5.73 Å². The summed E-state index contributed by atoms with van der Waals surface area (Å²) >= 11 is 0. The summed E-state index contributed by atoms with van der Waals surface area (Å²) in [5.41, 5.74) is 5.32. The number of carbonyl (C=O) groups is 3. The zero-order valence-electron chi connectivity index (χ0n) is 33.7. The first-order chi connectivity index (χ1) is 26.2. The second-order valence-corrected chi connectivity index (χ2v) is 15.0. The van der Waals surface area contributed by atoms with Gasteiger partial charge in [-0.1, -0.05) is 133 Å². The van der Waals surface area contributed by atoms with Crippen LogP contribution in [0.4, 0.5) is 0 Å². The third-order valence-electron chi connectivity index (χ3n) is 8.35. The smallest absolute Gasteiger partial charge is 0.462 e. The van der Waals surface area contributed by atoms with Crippen LogP contribution in [0.2, 0.25) is 0 Å². The zero-order valence-corrected chi connectivity index (χ0v) is 34.6. The number of hydrogen-bond acceptors (Lipinski definition) is 9. The largest absolute Gasteiger partial charge is 0.472 e. The lowest BCUT2D eigenvalue weighted by Gasteiger charge is -2.19. The van der Waals surface area contributed by atoms with Gasteiger partial charge in [-0.05, 0) is 70.3 Å². The lowest BCUT2D eigenvalue weighted by Crippen LogP contribution is -2.29. The van der Waals surface area contributed by atoms with Crippen LogP contribution in [0.3, 0.4) is 0 Å². The maximum absolute atomic E-state index is 12.5. The average Bonchev–Trinajstić information content (AvgIpc) is 3.15. The van der Waals surface area contributed by atoms with E-state index in [0.29, 0.717) is 6.42 Å². The second-order valence-electron chi connectivity index (χ2n) is 13.5. The van der Waals surface area contributed by atoms with E-state index in [1.165, 1.54) is 63.9 Å². The fourth-order valence-corrected chi connectivity index (χ4v) is 5.99. The average molecular weight is 780 g/mol. The fraction of sp³-hybridized carbons (Fsp3) is 0.698. The highest BCUT2D eigenvalue weighted by Gasteiger charge is 2.26. The van der Waals surface area contributed by atoms with Crippen LogP contribution in [0.15, 0.2) is 60.8 Å². The molecule has 0 aliphatic carbocycles. The summed E-state index contributed by atoms with van der Waals surface area (Å²) in [7, 11) is -4.43. The van der Waals surface area contributed by atoms with Gasteiger partial charge in [-0.2, -0.15) is 0 Å². The fourth-order valence-electron chi connectivity index (χ4n) is 5.23. The van der Waals surface area contributed by atoms with Gasteiger partial charge in [0.2, 0.25) is 0 Å². The van der Waals surface area contributed by atoms with Gasteiger partial charge in [0.1, 0.15) is 6.61 Å². The summed E-state index contributed by atoms with van der Waals surface area (Å²) in [5.74, 6) is -1.21. The number of nitrogens with two attached hydrogens (primary N) is 1. The lowest BCUT2D eigenvalue weighted by atomic mass is 10.1. The Morgan fingerprint density at radius 3 is 1.81 bits per heavy atom. The Morgan fingerprint density at radius 1 is 0.611 bits per heavy atom. The van der Waals surface area contributed by atoms with E-state index in [4.69, 9.17) is 24.3 Å². The Bertz CT molecular complexity index is 1130. The van der Waals surface area contributed by atoms with Crippen LogP contribution in [0.25, 0.3) is 0 Å². The number of unbranched alkanes of at least 4 members (excludes halogenated alkanes) is 14. The molecule has 0 radical (unpaired) electrons. The molecule has 0 saturated heterocycles. The van der Waals surface area contributed by atoms with Crippen molar-refractivity contribution < 1.29 is 42.4 Å². The van der Waals surface area contributed by atoms with E-state index in [9.17, 15) is 23.8 Å². The molecule has 0 aromatic carbocycles. The molecule has 10 nitrogen and oxygen atoms in total. The van der Waals surface area contributed by atoms with Crippen molar-refractivity contribution in [2.75, 3.05) is 26.4 Å². The molecule has 1 unspecified atom stereocenters. The van der Waals surface area contributed by atoms with Crippen molar-refractivity contribution in [3.63, 3.8) is 0 Å². The van der Waals surface area contributed by atoms with Gasteiger partial charge in [0.15, 0.2) is 11.9 Å². The number of esters is 2. The van der Waals surface area contributed by atoms with Crippen LogP contribution in [0, 0.1) is 0 Å². The van der Waals surface area contributed by atoms with Crippen molar-refractivity contribution in [2.45, 2.75) is 168 Å². The van der Waals surface area contributed by atoms with Crippen molar-refractivity contribution in [3.8, 4) is 0 Å². The monoisotopic (exact) mass is 780 g/mol. The highest BCUT2D eigenvalue weighted by atomic mass is 31.2. The minimum absolute atomic E-state index is 0.0121. The third kappa shape index (κ3) is 37.7. The van der Waals surface area contributed by atoms with Crippen molar-refractivity contribution >= 4 is 25.5 Å². The van der Waals surface area contributed by atoms with Crippen LogP contribution < -0.4 is 5.73 Å². The van der Waals surface area contributed by atoms with Gasteiger partial charge < -0.3 is 20.1 Å². The van der Waals surface area contributed by atoms with E-state index < -0.39 is 32.5 Å². The third-order valence-corrected chi connectivity index (χ3v) is 9.34. The van der Waals surface area contributed by atoms with Crippen LogP contribution >= 0.6 is 7.82 Å². The summed E-state index contributed by atoms with van der Waals surface area (Å²) in [6.45, 7) is 3.39. The van der Waals surface area contributed by atoms with E-state index >= 15 is 0 Å². The van der Waals surface area contributed by atoms with E-state index in [2.05, 4.69) is 50.3 Å². The van der Waals surface area contributed by atoms with Crippen LogP contribution in [-0.4, -0.2) is 55.1 Å². The molecule has 0 rings (SSSR count). The molecule has 11 heteroatoms. The van der Waals surface area contributed by atoms with Crippen LogP contribution in [0.1, 0.15) is 162 Å². The van der Waals surface area contributed by atoms with Gasteiger partial charge in [0.05, 0.1) is 13.2 Å². The van der Waals surface area contributed by atoms with Crippen molar-refractivity contribution in [1.82, 2.24) is 0 Å². The van der Waals surface area contributed by atoms with E-state index in [0.717, 1.165) is 57.8 Å². The second kappa shape index (κ2) is 38.6. The topological polar surface area (TPSA) is 151 Å². The quantitative estimate of drug-likeness (QED) is 0.0155. The number of ketones is 1. The minimum Gasteiger partial charge on any atom is -0.462 e. The zero-order chi connectivity index (χ0) is 39.8. The summed E-state index contributed by atoms with van der Waals surface area (Å²) in [6.07, 6.45) is 41.1. The molecule has 310 valence electrons. The molecule has 3 N–H and O–H groups in total. The summed E-state index contributed by atoms with van der Waals surface area (Å²) in [6, 6.07) is 0. The summed E-state index contributed by atoms with van der Waals surface area (Å²) in [5, 5.41) is 0.